The van der Waals surface area contributed by atoms with Crippen molar-refractivity contribution in [3.8, 4) is 0 Å². The van der Waals surface area contributed by atoms with E-state index in [-0.39, 0.29) is 11.6 Å². The molecule has 0 amide bonds. The molecule has 0 rings (SSSR count). The summed E-state index contributed by atoms with van der Waals surface area (Å²) in [6, 6.07) is 0. The first-order valence-electron chi connectivity index (χ1n) is 6.78. The van der Waals surface area contributed by atoms with Gasteiger partial charge in [-0.25, -0.2) is 4.79 Å². The van der Waals surface area contributed by atoms with Crippen LogP contribution in [0.4, 0.5) is 4.39 Å². The van der Waals surface area contributed by atoms with Gasteiger partial charge in [-0.3, -0.25) is 0 Å². The molecule has 0 N–H and O–H groups in total. The fourth-order valence-corrected chi connectivity index (χ4v) is 2.23. The molecule has 5 heteroatoms. The number of allylic oxidation sites excluding steroid dienone is 1. The molecule has 0 bridgehead atoms. The summed E-state index contributed by atoms with van der Waals surface area (Å²) >= 11 is 0. The molecule has 0 unspecified atom stereocenters. The Bertz CT molecular complexity index is 319. The van der Waals surface area contributed by atoms with E-state index in [1.165, 1.54) is 6.08 Å². The minimum Gasteiger partial charge on any atom is -0.461 e. The molecular weight excluding hydrogens is 263 g/mol. The van der Waals surface area contributed by atoms with Crippen LogP contribution in [0.2, 0.25) is 18.1 Å². The molecule has 0 aromatic carbocycles. The van der Waals surface area contributed by atoms with Crippen molar-refractivity contribution in [2.45, 2.75) is 58.7 Å². The van der Waals surface area contributed by atoms with Gasteiger partial charge in [0.05, 0.1) is 6.61 Å². The summed E-state index contributed by atoms with van der Waals surface area (Å²) in [4.78, 5) is 11.0. The summed E-state index contributed by atoms with van der Waals surface area (Å²) in [6.07, 6.45) is 2.46. The van der Waals surface area contributed by atoms with E-state index in [1.54, 1.807) is 6.92 Å². The van der Waals surface area contributed by atoms with Gasteiger partial charge in [0.1, 0.15) is 0 Å². The number of carbonyl (C=O) groups excluding carboxylic acids is 1. The highest BCUT2D eigenvalue weighted by molar-refractivity contribution is 6.74. The summed E-state index contributed by atoms with van der Waals surface area (Å²) in [5.74, 6) is -1.69. The molecule has 0 aliphatic carbocycles. The van der Waals surface area contributed by atoms with Gasteiger partial charge in [-0.1, -0.05) is 20.8 Å². The summed E-state index contributed by atoms with van der Waals surface area (Å²) < 4.78 is 23.7. The maximum absolute atomic E-state index is 13.2. The highest BCUT2D eigenvalue weighted by Crippen LogP contribution is 2.36. The zero-order valence-corrected chi connectivity index (χ0v) is 14.0. The third-order valence-corrected chi connectivity index (χ3v) is 7.95. The SMILES string of the molecule is CCOC(=O)/C(F)=C/CCCO[Si](C)(C)C(C)(C)C. The predicted octanol–water partition coefficient (Wildman–Crippen LogP) is 4.20. The van der Waals surface area contributed by atoms with Gasteiger partial charge in [0.2, 0.25) is 5.83 Å². The van der Waals surface area contributed by atoms with Crippen LogP contribution in [-0.2, 0) is 14.0 Å². The Labute approximate surface area is 117 Å². The zero-order valence-electron chi connectivity index (χ0n) is 13.0. The van der Waals surface area contributed by atoms with Crippen molar-refractivity contribution in [3.05, 3.63) is 11.9 Å². The van der Waals surface area contributed by atoms with Crippen LogP contribution in [0.15, 0.2) is 11.9 Å². The highest BCUT2D eigenvalue weighted by atomic mass is 28.4. The Morgan fingerprint density at radius 1 is 1.32 bits per heavy atom. The fourth-order valence-electron chi connectivity index (χ4n) is 1.14. The maximum Gasteiger partial charge on any atom is 0.366 e. The lowest BCUT2D eigenvalue weighted by Crippen LogP contribution is -2.40. The molecule has 0 aromatic rings. The largest absolute Gasteiger partial charge is 0.461 e. The molecule has 0 heterocycles. The normalized spacial score (nSPS) is 13.5. The van der Waals surface area contributed by atoms with Crippen LogP contribution >= 0.6 is 0 Å². The number of ether oxygens (including phenoxy) is 1. The Balaban J connectivity index is 4.00. The Hall–Kier alpha value is -0.683. The van der Waals surface area contributed by atoms with Crippen LogP contribution in [0.1, 0.15) is 40.5 Å². The van der Waals surface area contributed by atoms with Crippen molar-refractivity contribution in [2.75, 3.05) is 13.2 Å². The molecule has 0 aromatic heterocycles. The number of halogens is 1. The molecule has 0 aliphatic heterocycles. The number of hydrogen-bond acceptors (Lipinski definition) is 3. The van der Waals surface area contributed by atoms with Gasteiger partial charge in [-0.2, -0.15) is 4.39 Å². The van der Waals surface area contributed by atoms with E-state index in [2.05, 4.69) is 38.6 Å². The van der Waals surface area contributed by atoms with Crippen molar-refractivity contribution in [2.24, 2.45) is 0 Å². The van der Waals surface area contributed by atoms with E-state index in [0.717, 1.165) is 0 Å². The number of unbranched alkanes of at least 4 members (excludes halogenated alkanes) is 1. The predicted molar refractivity (Wildman–Crippen MR) is 78.2 cm³/mol. The van der Waals surface area contributed by atoms with Crippen molar-refractivity contribution in [1.29, 1.82) is 0 Å². The van der Waals surface area contributed by atoms with E-state index in [1.807, 2.05) is 0 Å². The van der Waals surface area contributed by atoms with E-state index in [4.69, 9.17) is 4.43 Å². The molecule has 3 nitrogen and oxygen atoms in total. The average molecular weight is 290 g/mol. The van der Waals surface area contributed by atoms with E-state index in [0.29, 0.717) is 19.4 Å². The molecular formula is C14H27FO3Si. The monoisotopic (exact) mass is 290 g/mol. The molecule has 19 heavy (non-hydrogen) atoms. The second-order valence-electron chi connectivity index (χ2n) is 6.02. The number of rotatable bonds is 7. The quantitative estimate of drug-likeness (QED) is 0.305. The minimum atomic E-state index is -1.72. The molecule has 112 valence electrons. The first kappa shape index (κ1) is 18.3. The van der Waals surface area contributed by atoms with Crippen LogP contribution in [0, 0.1) is 0 Å². The summed E-state index contributed by atoms with van der Waals surface area (Å²) in [5, 5.41) is 0.180. The molecule has 0 radical (unpaired) electrons. The number of carbonyl (C=O) groups is 1. The molecule has 0 saturated carbocycles. The second kappa shape index (κ2) is 7.80. The fraction of sp³-hybridized carbons (Fsp3) is 0.786. The Morgan fingerprint density at radius 2 is 1.89 bits per heavy atom. The average Bonchev–Trinajstić information content (AvgIpc) is 2.26. The molecule has 0 saturated heterocycles. The second-order valence-corrected chi connectivity index (χ2v) is 10.8. The molecule has 0 atom stereocenters. The zero-order chi connectivity index (χ0) is 15.1. The van der Waals surface area contributed by atoms with Gasteiger partial charge in [0, 0.05) is 6.61 Å². The van der Waals surface area contributed by atoms with E-state index in [9.17, 15) is 9.18 Å². The minimum absolute atomic E-state index is 0.180. The lowest BCUT2D eigenvalue weighted by Gasteiger charge is -2.36. The van der Waals surface area contributed by atoms with Crippen molar-refractivity contribution >= 4 is 14.3 Å². The third kappa shape index (κ3) is 6.87. The van der Waals surface area contributed by atoms with Crippen LogP contribution in [0.25, 0.3) is 0 Å². The Morgan fingerprint density at radius 3 is 2.37 bits per heavy atom. The van der Waals surface area contributed by atoms with Gasteiger partial charge in [0.25, 0.3) is 0 Å². The Kier molecular flexibility index (Phi) is 7.52. The first-order chi connectivity index (χ1) is 8.62. The molecule has 0 spiro atoms. The van der Waals surface area contributed by atoms with Crippen molar-refractivity contribution < 1.29 is 18.3 Å². The number of esters is 1. The van der Waals surface area contributed by atoms with Crippen molar-refractivity contribution in [1.82, 2.24) is 0 Å². The first-order valence-corrected chi connectivity index (χ1v) is 9.69. The van der Waals surface area contributed by atoms with Gasteiger partial charge in [0.15, 0.2) is 8.32 Å². The van der Waals surface area contributed by atoms with Crippen LogP contribution in [-0.4, -0.2) is 27.5 Å². The van der Waals surface area contributed by atoms with Gasteiger partial charge < -0.3 is 9.16 Å². The summed E-state index contributed by atoms with van der Waals surface area (Å²) in [7, 11) is -1.72. The van der Waals surface area contributed by atoms with E-state index < -0.39 is 20.1 Å². The van der Waals surface area contributed by atoms with Crippen LogP contribution < -0.4 is 0 Å². The topological polar surface area (TPSA) is 35.5 Å². The summed E-state index contributed by atoms with van der Waals surface area (Å²) in [6.45, 7) is 13.3. The summed E-state index contributed by atoms with van der Waals surface area (Å²) in [5.41, 5.74) is 0. The lowest BCUT2D eigenvalue weighted by molar-refractivity contribution is -0.140. The van der Waals surface area contributed by atoms with Crippen LogP contribution in [0.3, 0.4) is 0 Å². The van der Waals surface area contributed by atoms with Crippen molar-refractivity contribution in [3.63, 3.8) is 0 Å². The lowest BCUT2D eigenvalue weighted by atomic mass is 10.2. The van der Waals surface area contributed by atoms with Gasteiger partial charge >= 0.3 is 5.97 Å². The van der Waals surface area contributed by atoms with Crippen LogP contribution in [0.5, 0.6) is 0 Å². The highest BCUT2D eigenvalue weighted by Gasteiger charge is 2.36. The number of hydrogen-bond donors (Lipinski definition) is 0. The van der Waals surface area contributed by atoms with Gasteiger partial charge in [-0.15, -0.1) is 0 Å². The van der Waals surface area contributed by atoms with Gasteiger partial charge in [-0.05, 0) is 44.0 Å². The smallest absolute Gasteiger partial charge is 0.366 e. The standard InChI is InChI=1S/C14H27FO3Si/c1-7-17-13(16)12(15)10-8-9-11-18-19(5,6)14(2,3)4/h10H,7-9,11H2,1-6H3/b12-10-. The third-order valence-electron chi connectivity index (χ3n) is 3.41. The maximum atomic E-state index is 13.2. The molecule has 0 fully saturated rings. The molecule has 0 aliphatic rings. The van der Waals surface area contributed by atoms with E-state index >= 15 is 0 Å².